The largest absolute Gasteiger partial charge is 0.463 e. The Bertz CT molecular complexity index is 1000. The van der Waals surface area contributed by atoms with Crippen molar-refractivity contribution < 1.29 is 29.3 Å². The lowest BCUT2D eigenvalue weighted by Gasteiger charge is -2.25. The molecule has 2 amide bonds. The number of hydroxylamine groups is 1. The smallest absolute Gasteiger partial charge is 0.311 e. The molecule has 0 heterocycles. The predicted molar refractivity (Wildman–Crippen MR) is 123 cm³/mol. The molecule has 0 aliphatic rings. The van der Waals surface area contributed by atoms with E-state index in [2.05, 4.69) is 5.32 Å². The number of amides is 2. The average Bonchev–Trinajstić information content (AvgIpc) is 2.81. The van der Waals surface area contributed by atoms with Crippen molar-refractivity contribution >= 4 is 23.5 Å². The van der Waals surface area contributed by atoms with Crippen LogP contribution in [0.3, 0.4) is 0 Å². The third-order valence-electron chi connectivity index (χ3n) is 5.08. The maximum atomic E-state index is 12.8. The van der Waals surface area contributed by atoms with Gasteiger partial charge in [0.1, 0.15) is 6.61 Å². The average molecular weight is 472 g/mol. The van der Waals surface area contributed by atoms with Crippen LogP contribution >= 0.6 is 0 Å². The van der Waals surface area contributed by atoms with Crippen LogP contribution in [0.2, 0.25) is 0 Å². The highest BCUT2D eigenvalue weighted by Gasteiger charge is 2.28. The van der Waals surface area contributed by atoms with E-state index in [-0.39, 0.29) is 30.7 Å². The number of nitrogens with one attached hydrogen (secondary N) is 2. The SMILES string of the molecule is CC(C)(C)C(=O)OC[C@H](C[C@H](Cc1ccccc1)C(=O)NO)NC(=O)c1ccc([N+](=O)[O-])cc1. The highest BCUT2D eigenvalue weighted by atomic mass is 16.6. The first kappa shape index (κ1) is 26.5. The highest BCUT2D eigenvalue weighted by Crippen LogP contribution is 2.19. The minimum Gasteiger partial charge on any atom is -0.463 e. The summed E-state index contributed by atoms with van der Waals surface area (Å²) < 4.78 is 5.38. The van der Waals surface area contributed by atoms with Crippen LogP contribution in [0.5, 0.6) is 0 Å². The number of nitro groups is 1. The van der Waals surface area contributed by atoms with Crippen molar-refractivity contribution in [3.63, 3.8) is 0 Å². The molecular formula is C24H29N3O7. The Morgan fingerprint density at radius 2 is 1.68 bits per heavy atom. The molecule has 2 atom stereocenters. The molecule has 10 heteroatoms. The molecule has 3 N–H and O–H groups in total. The van der Waals surface area contributed by atoms with Crippen molar-refractivity contribution in [3.05, 3.63) is 75.8 Å². The van der Waals surface area contributed by atoms with Crippen LogP contribution in [-0.2, 0) is 20.7 Å². The number of ether oxygens (including phenoxy) is 1. The van der Waals surface area contributed by atoms with Gasteiger partial charge in [0.2, 0.25) is 5.91 Å². The minimum atomic E-state index is -0.765. The molecule has 0 radical (unpaired) electrons. The number of rotatable bonds is 10. The van der Waals surface area contributed by atoms with Crippen LogP contribution in [0.1, 0.15) is 43.1 Å². The van der Waals surface area contributed by atoms with Gasteiger partial charge in [0, 0.05) is 23.6 Å². The standard InChI is InChI=1S/C24H29N3O7/c1-24(2,3)23(30)34-15-19(25-21(28)17-9-11-20(12-10-17)27(32)33)14-18(22(29)26-31)13-16-7-5-4-6-8-16/h4-12,18-19,31H,13-15H2,1-3H3,(H,25,28)(H,26,29)/t18-,19-/m0/s1. The van der Waals surface area contributed by atoms with E-state index in [0.717, 1.165) is 5.56 Å². The van der Waals surface area contributed by atoms with E-state index in [1.54, 1.807) is 26.3 Å². The number of carbonyl (C=O) groups is 3. The molecule has 2 rings (SSSR count). The van der Waals surface area contributed by atoms with Gasteiger partial charge in [0.15, 0.2) is 0 Å². The topological polar surface area (TPSA) is 148 Å². The normalized spacial score (nSPS) is 12.8. The second kappa shape index (κ2) is 11.9. The van der Waals surface area contributed by atoms with E-state index in [9.17, 15) is 29.7 Å². The summed E-state index contributed by atoms with van der Waals surface area (Å²) in [6.07, 6.45) is 0.349. The van der Waals surface area contributed by atoms with Crippen LogP contribution < -0.4 is 10.8 Å². The Morgan fingerprint density at radius 1 is 1.06 bits per heavy atom. The Labute approximate surface area is 197 Å². The van der Waals surface area contributed by atoms with Crippen molar-refractivity contribution in [1.29, 1.82) is 0 Å². The number of carbonyl (C=O) groups excluding carboxylic acids is 3. The molecule has 0 aliphatic heterocycles. The molecule has 0 saturated heterocycles. The van der Waals surface area contributed by atoms with Crippen molar-refractivity contribution in [2.75, 3.05) is 6.61 Å². The van der Waals surface area contributed by atoms with Crippen LogP contribution in [0.15, 0.2) is 54.6 Å². The van der Waals surface area contributed by atoms with Gasteiger partial charge >= 0.3 is 5.97 Å². The summed E-state index contributed by atoms with van der Waals surface area (Å²) in [6.45, 7) is 4.88. The number of esters is 1. The lowest BCUT2D eigenvalue weighted by Crippen LogP contribution is -2.43. The first-order valence-electron chi connectivity index (χ1n) is 10.7. The van der Waals surface area contributed by atoms with Gasteiger partial charge in [-0.15, -0.1) is 0 Å². The van der Waals surface area contributed by atoms with Crippen molar-refractivity contribution in [2.24, 2.45) is 11.3 Å². The Hall–Kier alpha value is -3.79. The van der Waals surface area contributed by atoms with Gasteiger partial charge in [-0.25, -0.2) is 5.48 Å². The fraction of sp³-hybridized carbons (Fsp3) is 0.375. The Balaban J connectivity index is 2.21. The zero-order chi connectivity index (χ0) is 25.3. The second-order valence-corrected chi connectivity index (χ2v) is 8.92. The first-order valence-corrected chi connectivity index (χ1v) is 10.7. The van der Waals surface area contributed by atoms with Crippen molar-refractivity contribution in [2.45, 2.75) is 39.7 Å². The fourth-order valence-corrected chi connectivity index (χ4v) is 3.18. The van der Waals surface area contributed by atoms with Crippen LogP contribution in [0, 0.1) is 21.4 Å². The number of non-ortho nitro benzene ring substituents is 1. The van der Waals surface area contributed by atoms with Gasteiger partial charge in [0.05, 0.1) is 16.4 Å². The van der Waals surface area contributed by atoms with Crippen LogP contribution in [0.4, 0.5) is 5.69 Å². The maximum Gasteiger partial charge on any atom is 0.311 e. The van der Waals surface area contributed by atoms with E-state index in [1.807, 2.05) is 30.3 Å². The van der Waals surface area contributed by atoms with Gasteiger partial charge in [0.25, 0.3) is 11.6 Å². The van der Waals surface area contributed by atoms with E-state index >= 15 is 0 Å². The minimum absolute atomic E-state index is 0.0669. The fourth-order valence-electron chi connectivity index (χ4n) is 3.18. The lowest BCUT2D eigenvalue weighted by atomic mass is 9.92. The molecule has 0 spiro atoms. The predicted octanol–water partition coefficient (Wildman–Crippen LogP) is 3.04. The van der Waals surface area contributed by atoms with E-state index in [0.29, 0.717) is 0 Å². The third kappa shape index (κ3) is 7.96. The molecule has 0 aromatic heterocycles. The third-order valence-corrected chi connectivity index (χ3v) is 5.08. The molecule has 2 aromatic rings. The summed E-state index contributed by atoms with van der Waals surface area (Å²) in [5, 5.41) is 22.8. The lowest BCUT2D eigenvalue weighted by molar-refractivity contribution is -0.384. The van der Waals surface area contributed by atoms with Crippen molar-refractivity contribution in [1.82, 2.24) is 10.8 Å². The number of hydrogen-bond donors (Lipinski definition) is 3. The van der Waals surface area contributed by atoms with Gasteiger partial charge in [-0.05, 0) is 51.3 Å². The van der Waals surface area contributed by atoms with Gasteiger partial charge in [-0.2, -0.15) is 0 Å². The quantitative estimate of drug-likeness (QED) is 0.209. The summed E-state index contributed by atoms with van der Waals surface area (Å²) in [5.74, 6) is -2.40. The summed E-state index contributed by atoms with van der Waals surface area (Å²) in [4.78, 5) is 47.7. The van der Waals surface area contributed by atoms with Crippen LogP contribution in [0.25, 0.3) is 0 Å². The second-order valence-electron chi connectivity index (χ2n) is 8.92. The highest BCUT2D eigenvalue weighted by molar-refractivity contribution is 5.94. The summed E-state index contributed by atoms with van der Waals surface area (Å²) in [7, 11) is 0. The monoisotopic (exact) mass is 471 g/mol. The molecule has 0 bridgehead atoms. The maximum absolute atomic E-state index is 12.8. The Kier molecular flexibility index (Phi) is 9.26. The van der Waals surface area contributed by atoms with Gasteiger partial charge in [-0.1, -0.05) is 30.3 Å². The zero-order valence-electron chi connectivity index (χ0n) is 19.3. The molecule has 34 heavy (non-hydrogen) atoms. The van der Waals surface area contributed by atoms with Crippen LogP contribution in [-0.4, -0.2) is 40.6 Å². The molecule has 0 fully saturated rings. The molecule has 0 aliphatic carbocycles. The molecule has 0 saturated carbocycles. The van der Waals surface area contributed by atoms with E-state index in [1.165, 1.54) is 24.3 Å². The molecule has 2 aromatic carbocycles. The first-order chi connectivity index (χ1) is 16.0. The summed E-state index contributed by atoms with van der Waals surface area (Å²) in [6, 6.07) is 13.4. The number of nitro benzene ring substituents is 1. The Morgan fingerprint density at radius 3 is 2.21 bits per heavy atom. The molecular weight excluding hydrogens is 442 g/mol. The number of nitrogens with zero attached hydrogens (tertiary/aromatic N) is 1. The zero-order valence-corrected chi connectivity index (χ0v) is 19.3. The molecule has 10 nitrogen and oxygen atoms in total. The molecule has 0 unspecified atom stereocenters. The molecule has 182 valence electrons. The number of benzene rings is 2. The van der Waals surface area contributed by atoms with E-state index in [4.69, 9.17) is 4.74 Å². The summed E-state index contributed by atoms with van der Waals surface area (Å²) in [5.41, 5.74) is 1.76. The van der Waals surface area contributed by atoms with Gasteiger partial charge in [-0.3, -0.25) is 29.7 Å². The summed E-state index contributed by atoms with van der Waals surface area (Å²) >= 11 is 0. The van der Waals surface area contributed by atoms with Gasteiger partial charge < -0.3 is 10.1 Å². The van der Waals surface area contributed by atoms with Crippen molar-refractivity contribution in [3.8, 4) is 0 Å². The number of hydrogen-bond acceptors (Lipinski definition) is 7. The van der Waals surface area contributed by atoms with E-state index < -0.39 is 40.1 Å².